The predicted molar refractivity (Wildman–Crippen MR) is 74.4 cm³/mol. The minimum Gasteiger partial charge on any atom is -0.326 e. The lowest BCUT2D eigenvalue weighted by atomic mass is 10.1. The Balaban J connectivity index is 2.74. The zero-order valence-electron chi connectivity index (χ0n) is 10.8. The van der Waals surface area contributed by atoms with Crippen LogP contribution in [0.4, 0.5) is 5.69 Å². The molecule has 18 heavy (non-hydrogen) atoms. The zero-order valence-corrected chi connectivity index (χ0v) is 11.5. The SMILES string of the molecule is CCCCC(=O)Nc1ccc(C(=O)CCl)cc1C. The Labute approximate surface area is 113 Å². The molecule has 0 saturated carbocycles. The maximum Gasteiger partial charge on any atom is 0.224 e. The summed E-state index contributed by atoms with van der Waals surface area (Å²) in [5, 5.41) is 2.85. The van der Waals surface area contributed by atoms with Crippen molar-refractivity contribution in [3.63, 3.8) is 0 Å². The number of alkyl halides is 1. The van der Waals surface area contributed by atoms with E-state index >= 15 is 0 Å². The second kappa shape index (κ2) is 7.17. The minimum atomic E-state index is -0.108. The second-order valence-electron chi connectivity index (χ2n) is 4.24. The lowest BCUT2D eigenvalue weighted by molar-refractivity contribution is -0.116. The van der Waals surface area contributed by atoms with Crippen molar-refractivity contribution >= 4 is 29.0 Å². The highest BCUT2D eigenvalue weighted by Gasteiger charge is 2.08. The van der Waals surface area contributed by atoms with Gasteiger partial charge in [0, 0.05) is 17.7 Å². The van der Waals surface area contributed by atoms with Gasteiger partial charge >= 0.3 is 0 Å². The predicted octanol–water partition coefficient (Wildman–Crippen LogP) is 3.55. The minimum absolute atomic E-state index is 0.0105. The number of ketones is 1. The first-order chi connectivity index (χ1) is 8.58. The van der Waals surface area contributed by atoms with Crippen LogP contribution in [0.1, 0.15) is 42.1 Å². The van der Waals surface area contributed by atoms with Gasteiger partial charge in [-0.15, -0.1) is 11.6 Å². The van der Waals surface area contributed by atoms with Crippen molar-refractivity contribution in [1.29, 1.82) is 0 Å². The Morgan fingerprint density at radius 2 is 2.06 bits per heavy atom. The van der Waals surface area contributed by atoms with Crippen molar-refractivity contribution in [2.45, 2.75) is 33.1 Å². The van der Waals surface area contributed by atoms with Crippen LogP contribution >= 0.6 is 11.6 Å². The van der Waals surface area contributed by atoms with Gasteiger partial charge in [0.1, 0.15) is 0 Å². The Bertz CT molecular complexity index is 443. The van der Waals surface area contributed by atoms with Crippen LogP contribution < -0.4 is 5.32 Å². The number of carbonyl (C=O) groups excluding carboxylic acids is 2. The fraction of sp³-hybridized carbons (Fsp3) is 0.429. The number of anilines is 1. The van der Waals surface area contributed by atoms with E-state index in [-0.39, 0.29) is 17.6 Å². The number of rotatable bonds is 6. The van der Waals surface area contributed by atoms with E-state index in [0.29, 0.717) is 12.0 Å². The summed E-state index contributed by atoms with van der Waals surface area (Å²) in [5.41, 5.74) is 2.20. The van der Waals surface area contributed by atoms with Crippen molar-refractivity contribution in [3.05, 3.63) is 29.3 Å². The summed E-state index contributed by atoms with van der Waals surface area (Å²) in [4.78, 5) is 23.0. The van der Waals surface area contributed by atoms with Gasteiger partial charge in [0.15, 0.2) is 5.78 Å². The molecule has 1 aromatic carbocycles. The van der Waals surface area contributed by atoms with E-state index in [9.17, 15) is 9.59 Å². The molecule has 0 aliphatic heterocycles. The van der Waals surface area contributed by atoms with E-state index in [1.54, 1.807) is 18.2 Å². The molecule has 98 valence electrons. The number of Topliss-reactive ketones (excluding diaryl/α,β-unsaturated/α-hetero) is 1. The molecule has 0 aliphatic rings. The average molecular weight is 268 g/mol. The summed E-state index contributed by atoms with van der Waals surface area (Å²) in [6.07, 6.45) is 2.40. The van der Waals surface area contributed by atoms with Crippen molar-refractivity contribution in [1.82, 2.24) is 0 Å². The second-order valence-corrected chi connectivity index (χ2v) is 4.51. The maximum atomic E-state index is 11.6. The van der Waals surface area contributed by atoms with E-state index in [2.05, 4.69) is 5.32 Å². The molecule has 1 aromatic rings. The molecule has 4 heteroatoms. The Kier molecular flexibility index (Phi) is 5.86. The topological polar surface area (TPSA) is 46.2 Å². The number of nitrogens with one attached hydrogen (secondary N) is 1. The molecule has 0 spiro atoms. The molecule has 0 heterocycles. The number of carbonyl (C=O) groups is 2. The summed E-state index contributed by atoms with van der Waals surface area (Å²) < 4.78 is 0. The summed E-state index contributed by atoms with van der Waals surface area (Å²) >= 11 is 5.50. The third kappa shape index (κ3) is 4.15. The summed E-state index contributed by atoms with van der Waals surface area (Å²) in [7, 11) is 0. The van der Waals surface area contributed by atoms with Crippen LogP contribution in [0.25, 0.3) is 0 Å². The molecule has 1 amide bonds. The van der Waals surface area contributed by atoms with Gasteiger partial charge in [-0.1, -0.05) is 13.3 Å². The number of aryl methyl sites for hydroxylation is 1. The summed E-state index contributed by atoms with van der Waals surface area (Å²) in [6.45, 7) is 3.91. The van der Waals surface area contributed by atoms with Gasteiger partial charge in [0.25, 0.3) is 0 Å². The lowest BCUT2D eigenvalue weighted by Crippen LogP contribution is -2.12. The standard InChI is InChI=1S/C14H18ClNO2/c1-3-4-5-14(18)16-12-7-6-11(8-10(12)2)13(17)9-15/h6-8H,3-5,9H2,1-2H3,(H,16,18). The Morgan fingerprint density at radius 3 is 2.61 bits per heavy atom. The van der Waals surface area contributed by atoms with E-state index in [0.717, 1.165) is 24.1 Å². The largest absolute Gasteiger partial charge is 0.326 e. The quantitative estimate of drug-likeness (QED) is 0.633. The third-order valence-corrected chi connectivity index (χ3v) is 2.94. The molecule has 0 atom stereocenters. The highest BCUT2D eigenvalue weighted by atomic mass is 35.5. The third-order valence-electron chi connectivity index (χ3n) is 2.70. The highest BCUT2D eigenvalue weighted by Crippen LogP contribution is 2.17. The molecular formula is C14H18ClNO2. The average Bonchev–Trinajstić information content (AvgIpc) is 2.37. The molecule has 0 bridgehead atoms. The van der Waals surface area contributed by atoms with Crippen molar-refractivity contribution in [3.8, 4) is 0 Å². The van der Waals surface area contributed by atoms with E-state index < -0.39 is 0 Å². The highest BCUT2D eigenvalue weighted by molar-refractivity contribution is 6.30. The van der Waals surface area contributed by atoms with Crippen LogP contribution in [-0.2, 0) is 4.79 Å². The van der Waals surface area contributed by atoms with Gasteiger partial charge in [-0.2, -0.15) is 0 Å². The fourth-order valence-electron chi connectivity index (χ4n) is 1.60. The number of hydrogen-bond donors (Lipinski definition) is 1. The van der Waals surface area contributed by atoms with E-state index in [4.69, 9.17) is 11.6 Å². The molecule has 3 nitrogen and oxygen atoms in total. The van der Waals surface area contributed by atoms with Crippen LogP contribution in [0.2, 0.25) is 0 Å². The monoisotopic (exact) mass is 267 g/mol. The molecular weight excluding hydrogens is 250 g/mol. The first-order valence-corrected chi connectivity index (χ1v) is 6.61. The molecule has 0 aromatic heterocycles. The normalized spacial score (nSPS) is 10.2. The molecule has 0 fully saturated rings. The smallest absolute Gasteiger partial charge is 0.224 e. The number of benzene rings is 1. The number of halogens is 1. The number of amides is 1. The molecule has 0 aliphatic carbocycles. The van der Waals surface area contributed by atoms with Gasteiger partial charge in [-0.3, -0.25) is 9.59 Å². The number of unbranched alkanes of at least 4 members (excludes halogenated alkanes) is 1. The number of hydrogen-bond acceptors (Lipinski definition) is 2. The van der Waals surface area contributed by atoms with Crippen LogP contribution in [0, 0.1) is 6.92 Å². The summed E-state index contributed by atoms with van der Waals surface area (Å²) in [6, 6.07) is 5.19. The van der Waals surface area contributed by atoms with Gasteiger partial charge in [-0.05, 0) is 37.1 Å². The molecule has 0 saturated heterocycles. The maximum absolute atomic E-state index is 11.6. The van der Waals surface area contributed by atoms with Crippen LogP contribution in [-0.4, -0.2) is 17.6 Å². The molecule has 0 radical (unpaired) electrons. The first-order valence-electron chi connectivity index (χ1n) is 6.08. The van der Waals surface area contributed by atoms with Gasteiger partial charge < -0.3 is 5.32 Å². The molecule has 1 N–H and O–H groups in total. The van der Waals surface area contributed by atoms with E-state index in [1.807, 2.05) is 13.8 Å². The zero-order chi connectivity index (χ0) is 13.5. The van der Waals surface area contributed by atoms with Crippen molar-refractivity contribution in [2.24, 2.45) is 0 Å². The van der Waals surface area contributed by atoms with Crippen molar-refractivity contribution < 1.29 is 9.59 Å². The van der Waals surface area contributed by atoms with Crippen LogP contribution in [0.15, 0.2) is 18.2 Å². The van der Waals surface area contributed by atoms with Gasteiger partial charge in [0.05, 0.1) is 5.88 Å². The lowest BCUT2D eigenvalue weighted by Gasteiger charge is -2.09. The van der Waals surface area contributed by atoms with Gasteiger partial charge in [0.2, 0.25) is 5.91 Å². The van der Waals surface area contributed by atoms with Crippen molar-refractivity contribution in [2.75, 3.05) is 11.2 Å². The molecule has 0 unspecified atom stereocenters. The first kappa shape index (κ1) is 14.7. The van der Waals surface area contributed by atoms with Crippen LogP contribution in [0.5, 0.6) is 0 Å². The molecule has 1 rings (SSSR count). The summed E-state index contributed by atoms with van der Waals surface area (Å²) in [5.74, 6) is -0.123. The van der Waals surface area contributed by atoms with Gasteiger partial charge in [-0.25, -0.2) is 0 Å². The fourth-order valence-corrected chi connectivity index (χ4v) is 1.76. The van der Waals surface area contributed by atoms with Crippen LogP contribution in [0.3, 0.4) is 0 Å². The van der Waals surface area contributed by atoms with E-state index in [1.165, 1.54) is 0 Å². The Hall–Kier alpha value is -1.35. The Morgan fingerprint density at radius 1 is 1.33 bits per heavy atom.